The molecule has 3 aromatic rings. The summed E-state index contributed by atoms with van der Waals surface area (Å²) in [4.78, 5) is 16.9. The van der Waals surface area contributed by atoms with Crippen molar-refractivity contribution in [2.75, 3.05) is 10.7 Å². The summed E-state index contributed by atoms with van der Waals surface area (Å²) in [6.07, 6.45) is 1.63. The molecule has 8 heteroatoms. The van der Waals surface area contributed by atoms with Crippen molar-refractivity contribution in [1.82, 2.24) is 4.98 Å². The third-order valence-corrected chi connectivity index (χ3v) is 5.04. The molecule has 0 atom stereocenters. The van der Waals surface area contributed by atoms with Crippen molar-refractivity contribution in [3.05, 3.63) is 52.4 Å². The molecule has 1 amide bonds. The van der Waals surface area contributed by atoms with Gasteiger partial charge in [-0.3, -0.25) is 10.2 Å². The molecule has 2 aromatic heterocycles. The zero-order valence-corrected chi connectivity index (χ0v) is 15.0. The molecule has 1 aromatic carbocycles. The lowest BCUT2D eigenvalue weighted by atomic mass is 10.2. The first kappa shape index (κ1) is 16.6. The summed E-state index contributed by atoms with van der Waals surface area (Å²) in [5, 5.41) is 10.9. The van der Waals surface area contributed by atoms with Gasteiger partial charge in [-0.15, -0.1) is 11.3 Å². The highest BCUT2D eigenvalue weighted by Crippen LogP contribution is 2.37. The topological polar surface area (TPSA) is 66.4 Å². The zero-order valence-electron chi connectivity index (χ0n) is 12.6. The first-order chi connectivity index (χ1) is 11.6. The standard InChI is InChI=1S/C16H13ClN4OS2/c1-10(22)19-15-14(13-7-4-8-23-13)20-16(24-15)21-18-9-11-5-2-3-6-12(11)17/h2-9H,1H3,(H,19,22)(H,20,21)/b18-9+. The van der Waals surface area contributed by atoms with E-state index in [0.29, 0.717) is 15.2 Å². The fraction of sp³-hybridized carbons (Fsp3) is 0.0625. The minimum absolute atomic E-state index is 0.137. The third kappa shape index (κ3) is 4.00. The van der Waals surface area contributed by atoms with Crippen LogP contribution >= 0.6 is 34.3 Å². The van der Waals surface area contributed by atoms with Gasteiger partial charge >= 0.3 is 0 Å². The lowest BCUT2D eigenvalue weighted by molar-refractivity contribution is -0.114. The van der Waals surface area contributed by atoms with E-state index in [-0.39, 0.29) is 5.91 Å². The van der Waals surface area contributed by atoms with E-state index in [1.165, 1.54) is 18.3 Å². The van der Waals surface area contributed by atoms with E-state index in [0.717, 1.165) is 16.1 Å². The molecule has 0 saturated heterocycles. The fourth-order valence-corrected chi connectivity index (χ4v) is 3.77. The maximum absolute atomic E-state index is 11.4. The van der Waals surface area contributed by atoms with Crippen LogP contribution in [0.4, 0.5) is 10.1 Å². The van der Waals surface area contributed by atoms with Crippen molar-refractivity contribution in [3.8, 4) is 10.6 Å². The molecule has 0 aliphatic rings. The molecule has 0 aliphatic heterocycles. The average molecular weight is 377 g/mol. The van der Waals surface area contributed by atoms with Crippen LogP contribution in [0.2, 0.25) is 5.02 Å². The van der Waals surface area contributed by atoms with Gasteiger partial charge in [0.25, 0.3) is 0 Å². The van der Waals surface area contributed by atoms with Gasteiger partial charge in [-0.2, -0.15) is 5.10 Å². The Kier molecular flexibility index (Phi) is 5.24. The van der Waals surface area contributed by atoms with Crippen LogP contribution in [0, 0.1) is 0 Å². The highest BCUT2D eigenvalue weighted by Gasteiger charge is 2.14. The molecule has 24 heavy (non-hydrogen) atoms. The quantitative estimate of drug-likeness (QED) is 0.490. The van der Waals surface area contributed by atoms with Crippen LogP contribution in [-0.4, -0.2) is 17.1 Å². The van der Waals surface area contributed by atoms with E-state index in [4.69, 9.17) is 11.6 Å². The number of aromatic nitrogens is 1. The number of nitrogens with one attached hydrogen (secondary N) is 2. The second-order valence-electron chi connectivity index (χ2n) is 4.75. The lowest BCUT2D eigenvalue weighted by Crippen LogP contribution is -2.04. The Morgan fingerprint density at radius 2 is 2.12 bits per heavy atom. The monoisotopic (exact) mass is 376 g/mol. The summed E-state index contributed by atoms with van der Waals surface area (Å²) in [5.41, 5.74) is 4.43. The Labute approximate surface area is 152 Å². The number of nitrogens with zero attached hydrogens (tertiary/aromatic N) is 2. The zero-order chi connectivity index (χ0) is 16.9. The van der Waals surface area contributed by atoms with Crippen molar-refractivity contribution in [2.45, 2.75) is 6.92 Å². The lowest BCUT2D eigenvalue weighted by Gasteiger charge is -1.99. The number of halogens is 1. The molecule has 122 valence electrons. The molecule has 0 fully saturated rings. The van der Waals surface area contributed by atoms with E-state index in [9.17, 15) is 4.79 Å². The first-order valence-electron chi connectivity index (χ1n) is 6.99. The number of thiophene rings is 1. The molecule has 0 spiro atoms. The number of hydrogen-bond acceptors (Lipinski definition) is 6. The number of thiazole rings is 1. The van der Waals surface area contributed by atoms with Crippen molar-refractivity contribution < 1.29 is 4.79 Å². The van der Waals surface area contributed by atoms with Gasteiger partial charge < -0.3 is 5.32 Å². The Morgan fingerprint density at radius 3 is 2.83 bits per heavy atom. The van der Waals surface area contributed by atoms with Crippen LogP contribution in [0.1, 0.15) is 12.5 Å². The smallest absolute Gasteiger partial charge is 0.221 e. The molecule has 0 radical (unpaired) electrons. The van der Waals surface area contributed by atoms with Crippen LogP contribution < -0.4 is 10.7 Å². The van der Waals surface area contributed by atoms with E-state index in [1.807, 2.05) is 35.7 Å². The van der Waals surface area contributed by atoms with Gasteiger partial charge in [0.05, 0.1) is 11.1 Å². The van der Waals surface area contributed by atoms with Crippen molar-refractivity contribution in [3.63, 3.8) is 0 Å². The van der Waals surface area contributed by atoms with Crippen LogP contribution in [0.3, 0.4) is 0 Å². The van der Waals surface area contributed by atoms with Gasteiger partial charge in [-0.1, -0.05) is 47.2 Å². The Bertz CT molecular complexity index is 874. The first-order valence-corrected chi connectivity index (χ1v) is 9.07. The minimum atomic E-state index is -0.137. The van der Waals surface area contributed by atoms with Gasteiger partial charge in [0.1, 0.15) is 10.7 Å². The second kappa shape index (κ2) is 7.57. The average Bonchev–Trinajstić information content (AvgIpc) is 3.18. The van der Waals surface area contributed by atoms with Crippen LogP contribution in [0.15, 0.2) is 46.9 Å². The molecule has 3 rings (SSSR count). The molecule has 0 saturated carbocycles. The summed E-state index contributed by atoms with van der Waals surface area (Å²) in [6.45, 7) is 1.47. The predicted octanol–water partition coefficient (Wildman–Crippen LogP) is 4.93. The molecule has 0 bridgehead atoms. The van der Waals surface area contributed by atoms with Crippen molar-refractivity contribution in [2.24, 2.45) is 5.10 Å². The molecular formula is C16H13ClN4OS2. The minimum Gasteiger partial charge on any atom is -0.316 e. The van der Waals surface area contributed by atoms with Gasteiger partial charge in [-0.05, 0) is 17.5 Å². The summed E-state index contributed by atoms with van der Waals surface area (Å²) in [5.74, 6) is -0.137. The normalized spacial score (nSPS) is 10.9. The number of carbonyl (C=O) groups excluding carboxylic acids is 1. The second-order valence-corrected chi connectivity index (χ2v) is 7.10. The number of hydrogen-bond donors (Lipinski definition) is 2. The summed E-state index contributed by atoms with van der Waals surface area (Å²) < 4.78 is 0. The van der Waals surface area contributed by atoms with E-state index < -0.39 is 0 Å². The van der Waals surface area contributed by atoms with Crippen molar-refractivity contribution >= 4 is 56.5 Å². The summed E-state index contributed by atoms with van der Waals surface area (Å²) in [7, 11) is 0. The largest absolute Gasteiger partial charge is 0.316 e. The summed E-state index contributed by atoms with van der Waals surface area (Å²) >= 11 is 8.98. The third-order valence-electron chi connectivity index (χ3n) is 2.94. The number of amides is 1. The molecule has 0 unspecified atom stereocenters. The van der Waals surface area contributed by atoms with Crippen molar-refractivity contribution in [1.29, 1.82) is 0 Å². The summed E-state index contributed by atoms with van der Waals surface area (Å²) in [6, 6.07) is 11.3. The Hall–Kier alpha value is -2.22. The van der Waals surface area contributed by atoms with E-state index in [1.54, 1.807) is 23.6 Å². The highest BCUT2D eigenvalue weighted by molar-refractivity contribution is 7.21. The number of anilines is 2. The van der Waals surface area contributed by atoms with Crippen LogP contribution in [-0.2, 0) is 4.79 Å². The number of hydrazone groups is 1. The Balaban J connectivity index is 1.81. The van der Waals surface area contributed by atoms with Gasteiger partial charge in [0.2, 0.25) is 11.0 Å². The van der Waals surface area contributed by atoms with Gasteiger partial charge in [-0.25, -0.2) is 4.98 Å². The molecule has 5 nitrogen and oxygen atoms in total. The highest BCUT2D eigenvalue weighted by atomic mass is 35.5. The maximum Gasteiger partial charge on any atom is 0.221 e. The predicted molar refractivity (Wildman–Crippen MR) is 102 cm³/mol. The molecular weight excluding hydrogens is 364 g/mol. The molecule has 2 heterocycles. The van der Waals surface area contributed by atoms with Crippen LogP contribution in [0.25, 0.3) is 10.6 Å². The number of carbonyl (C=O) groups is 1. The van der Waals surface area contributed by atoms with Gasteiger partial charge in [0.15, 0.2) is 0 Å². The van der Waals surface area contributed by atoms with Crippen LogP contribution in [0.5, 0.6) is 0 Å². The fourth-order valence-electron chi connectivity index (χ4n) is 1.93. The number of benzene rings is 1. The molecule has 0 aliphatic carbocycles. The van der Waals surface area contributed by atoms with Gasteiger partial charge in [0, 0.05) is 17.5 Å². The Morgan fingerprint density at radius 1 is 1.29 bits per heavy atom. The van der Waals surface area contributed by atoms with E-state index >= 15 is 0 Å². The SMILES string of the molecule is CC(=O)Nc1sc(N/N=C/c2ccccc2Cl)nc1-c1cccs1. The van der Waals surface area contributed by atoms with E-state index in [2.05, 4.69) is 20.8 Å². The number of rotatable bonds is 5. The molecule has 2 N–H and O–H groups in total. The maximum atomic E-state index is 11.4.